The van der Waals surface area contributed by atoms with Crippen molar-refractivity contribution in [1.82, 2.24) is 0 Å². The van der Waals surface area contributed by atoms with Gasteiger partial charge < -0.3 is 4.74 Å². The maximum absolute atomic E-state index is 11.2. The molecule has 0 aromatic rings. The Morgan fingerprint density at radius 2 is 1.88 bits per heavy atom. The van der Waals surface area contributed by atoms with Crippen LogP contribution in [0.2, 0.25) is 0 Å². The molecule has 0 bridgehead atoms. The van der Waals surface area contributed by atoms with E-state index in [4.69, 9.17) is 15.4 Å². The van der Waals surface area contributed by atoms with Gasteiger partial charge in [-0.1, -0.05) is 26.2 Å². The Kier molecular flexibility index (Phi) is 5.54. The first kappa shape index (κ1) is 14.3. The molecule has 16 heavy (non-hydrogen) atoms. The quantitative estimate of drug-likeness (QED) is 0.550. The Morgan fingerprint density at radius 1 is 1.25 bits per heavy atom. The summed E-state index contributed by atoms with van der Waals surface area (Å²) in [5.74, 6) is 0.0608. The van der Waals surface area contributed by atoms with Crippen LogP contribution in [0.5, 0.6) is 0 Å². The summed E-state index contributed by atoms with van der Waals surface area (Å²) < 4.78 is 28.0. The summed E-state index contributed by atoms with van der Waals surface area (Å²) in [7, 11) is 1.96. The summed E-state index contributed by atoms with van der Waals surface area (Å²) in [6.07, 6.45) is 6.16. The molecule has 1 aliphatic rings. The van der Waals surface area contributed by atoms with Gasteiger partial charge in [-0.2, -0.15) is 0 Å². The highest BCUT2D eigenvalue weighted by atomic mass is 35.7. The van der Waals surface area contributed by atoms with Crippen LogP contribution < -0.4 is 0 Å². The van der Waals surface area contributed by atoms with Gasteiger partial charge in [-0.25, -0.2) is 8.42 Å². The van der Waals surface area contributed by atoms with E-state index in [-0.39, 0.29) is 11.2 Å². The maximum atomic E-state index is 11.2. The monoisotopic (exact) mass is 268 g/mol. The fourth-order valence-electron chi connectivity index (χ4n) is 2.43. The SMILES string of the molecule is CCCOCC1(CS(=O)(=O)Cl)CCCCC1. The third-order valence-corrected chi connectivity index (χ3v) is 4.43. The summed E-state index contributed by atoms with van der Waals surface area (Å²) in [6, 6.07) is 0. The second-order valence-corrected chi connectivity index (χ2v) is 7.57. The Morgan fingerprint density at radius 3 is 2.38 bits per heavy atom. The van der Waals surface area contributed by atoms with Crippen molar-refractivity contribution in [3.8, 4) is 0 Å². The van der Waals surface area contributed by atoms with Gasteiger partial charge in [-0.05, 0) is 19.3 Å². The summed E-state index contributed by atoms with van der Waals surface area (Å²) in [4.78, 5) is 0. The molecule has 0 atom stereocenters. The number of halogens is 1. The molecule has 0 saturated heterocycles. The molecule has 96 valence electrons. The van der Waals surface area contributed by atoms with Crippen molar-refractivity contribution in [2.24, 2.45) is 5.41 Å². The fourth-order valence-corrected chi connectivity index (χ4v) is 4.23. The van der Waals surface area contributed by atoms with Gasteiger partial charge in [0.05, 0.1) is 12.4 Å². The second-order valence-electron chi connectivity index (χ2n) is 4.80. The Bertz CT molecular complexity index is 294. The topological polar surface area (TPSA) is 43.4 Å². The molecule has 0 spiro atoms. The lowest BCUT2D eigenvalue weighted by Crippen LogP contribution is -2.35. The predicted molar refractivity (Wildman–Crippen MR) is 66.3 cm³/mol. The number of ether oxygens (including phenoxy) is 1. The lowest BCUT2D eigenvalue weighted by atomic mass is 9.76. The zero-order valence-corrected chi connectivity index (χ0v) is 11.4. The molecule has 1 rings (SSSR count). The van der Waals surface area contributed by atoms with Crippen LogP contribution in [0.4, 0.5) is 0 Å². The van der Waals surface area contributed by atoms with Crippen molar-refractivity contribution in [3.05, 3.63) is 0 Å². The van der Waals surface area contributed by atoms with Crippen molar-refractivity contribution < 1.29 is 13.2 Å². The van der Waals surface area contributed by atoms with Crippen LogP contribution >= 0.6 is 10.7 Å². The maximum Gasteiger partial charge on any atom is 0.233 e. The Hall–Kier alpha value is 0.200. The standard InChI is InChI=1S/C11H21ClO3S/c1-2-8-15-9-11(10-16(12,13)14)6-4-3-5-7-11/h2-10H2,1H3. The van der Waals surface area contributed by atoms with E-state index in [1.165, 1.54) is 6.42 Å². The summed E-state index contributed by atoms with van der Waals surface area (Å²) in [5, 5.41) is 0. The molecule has 0 heterocycles. The second kappa shape index (κ2) is 6.22. The molecule has 0 unspecified atom stereocenters. The first-order valence-electron chi connectivity index (χ1n) is 5.97. The van der Waals surface area contributed by atoms with Gasteiger partial charge in [-0.3, -0.25) is 0 Å². The van der Waals surface area contributed by atoms with Gasteiger partial charge in [-0.15, -0.1) is 0 Å². The van der Waals surface area contributed by atoms with Crippen LogP contribution in [-0.2, 0) is 13.8 Å². The van der Waals surface area contributed by atoms with Crippen molar-refractivity contribution in [2.45, 2.75) is 45.4 Å². The van der Waals surface area contributed by atoms with Crippen molar-refractivity contribution in [3.63, 3.8) is 0 Å². The molecular weight excluding hydrogens is 248 g/mol. The minimum Gasteiger partial charge on any atom is -0.381 e. The molecule has 0 radical (unpaired) electrons. The zero-order valence-electron chi connectivity index (χ0n) is 9.87. The lowest BCUT2D eigenvalue weighted by molar-refractivity contribution is 0.0338. The number of hydrogen-bond donors (Lipinski definition) is 0. The Balaban J connectivity index is 2.60. The average molecular weight is 269 g/mol. The van der Waals surface area contributed by atoms with E-state index in [1.807, 2.05) is 6.92 Å². The van der Waals surface area contributed by atoms with E-state index in [1.54, 1.807) is 0 Å². The van der Waals surface area contributed by atoms with Gasteiger partial charge in [0.25, 0.3) is 0 Å². The van der Waals surface area contributed by atoms with E-state index in [0.717, 1.165) is 32.1 Å². The van der Waals surface area contributed by atoms with Crippen LogP contribution in [-0.4, -0.2) is 27.4 Å². The summed E-state index contributed by atoms with van der Waals surface area (Å²) in [5.41, 5.74) is -0.228. The number of rotatable bonds is 6. The molecule has 1 aliphatic carbocycles. The van der Waals surface area contributed by atoms with Crippen LogP contribution in [0.15, 0.2) is 0 Å². The smallest absolute Gasteiger partial charge is 0.233 e. The van der Waals surface area contributed by atoms with Gasteiger partial charge in [0.1, 0.15) is 0 Å². The molecule has 0 aliphatic heterocycles. The molecule has 0 amide bonds. The molecule has 3 nitrogen and oxygen atoms in total. The van der Waals surface area contributed by atoms with E-state index in [9.17, 15) is 8.42 Å². The van der Waals surface area contributed by atoms with Crippen molar-refractivity contribution in [1.29, 1.82) is 0 Å². The minimum atomic E-state index is -3.43. The minimum absolute atomic E-state index is 0.0608. The first-order chi connectivity index (χ1) is 7.47. The molecule has 1 saturated carbocycles. The summed E-state index contributed by atoms with van der Waals surface area (Å²) in [6.45, 7) is 3.28. The normalized spacial score (nSPS) is 20.9. The molecule has 1 fully saturated rings. The molecule has 0 aromatic carbocycles. The Labute approximate surface area is 103 Å². The van der Waals surface area contributed by atoms with E-state index in [2.05, 4.69) is 0 Å². The number of hydrogen-bond acceptors (Lipinski definition) is 3. The van der Waals surface area contributed by atoms with Crippen LogP contribution in [0.25, 0.3) is 0 Å². The van der Waals surface area contributed by atoms with Gasteiger partial charge in [0, 0.05) is 22.7 Å². The third-order valence-electron chi connectivity index (χ3n) is 3.15. The first-order valence-corrected chi connectivity index (χ1v) is 8.45. The highest BCUT2D eigenvalue weighted by Gasteiger charge is 2.36. The van der Waals surface area contributed by atoms with Gasteiger partial charge >= 0.3 is 0 Å². The fraction of sp³-hybridized carbons (Fsp3) is 1.00. The average Bonchev–Trinajstić information content (AvgIpc) is 2.16. The van der Waals surface area contributed by atoms with E-state index < -0.39 is 9.05 Å². The summed E-state index contributed by atoms with van der Waals surface area (Å²) >= 11 is 0. The molecule has 5 heteroatoms. The van der Waals surface area contributed by atoms with Crippen LogP contribution in [0, 0.1) is 5.41 Å². The molecule has 0 N–H and O–H groups in total. The predicted octanol–water partition coefficient (Wildman–Crippen LogP) is 2.93. The van der Waals surface area contributed by atoms with Crippen LogP contribution in [0.3, 0.4) is 0 Å². The molecule has 0 aromatic heterocycles. The highest BCUT2D eigenvalue weighted by molar-refractivity contribution is 8.13. The third kappa shape index (κ3) is 5.02. The van der Waals surface area contributed by atoms with E-state index >= 15 is 0 Å². The van der Waals surface area contributed by atoms with Gasteiger partial charge in [0.15, 0.2) is 0 Å². The molecular formula is C11H21ClO3S. The lowest BCUT2D eigenvalue weighted by Gasteiger charge is -2.35. The van der Waals surface area contributed by atoms with Crippen molar-refractivity contribution in [2.75, 3.05) is 19.0 Å². The zero-order chi connectivity index (χ0) is 12.1. The van der Waals surface area contributed by atoms with Gasteiger partial charge in [0.2, 0.25) is 9.05 Å². The van der Waals surface area contributed by atoms with Crippen LogP contribution in [0.1, 0.15) is 45.4 Å². The largest absolute Gasteiger partial charge is 0.381 e. The van der Waals surface area contributed by atoms with Crippen molar-refractivity contribution >= 4 is 19.7 Å². The van der Waals surface area contributed by atoms with E-state index in [0.29, 0.717) is 13.2 Å². The highest BCUT2D eigenvalue weighted by Crippen LogP contribution is 2.38.